The van der Waals surface area contributed by atoms with Gasteiger partial charge in [0.25, 0.3) is 5.91 Å². The normalized spacial score (nSPS) is 10.4. The number of amides is 2. The molecule has 5 nitrogen and oxygen atoms in total. The Labute approximate surface area is 164 Å². The standard InChI is InChI=1S/C19H15ClFN3O2S/c20-13-5-3-4-12(8-13)9-14-10-23-19(27-14)24-17(25)11-22-18(26)15-6-1-2-7-16(15)21/h1-8,10H,9,11H2,(H,22,26)(H,23,24,25). The van der Waals surface area contributed by atoms with E-state index in [9.17, 15) is 14.0 Å². The van der Waals surface area contributed by atoms with Gasteiger partial charge in [-0.3, -0.25) is 9.59 Å². The summed E-state index contributed by atoms with van der Waals surface area (Å²) in [7, 11) is 0. The van der Waals surface area contributed by atoms with Crippen LogP contribution >= 0.6 is 22.9 Å². The minimum Gasteiger partial charge on any atom is -0.343 e. The molecule has 0 radical (unpaired) electrons. The number of thiazole rings is 1. The van der Waals surface area contributed by atoms with Crippen LogP contribution < -0.4 is 10.6 Å². The minimum atomic E-state index is -0.649. The van der Waals surface area contributed by atoms with Crippen LogP contribution in [0.5, 0.6) is 0 Å². The fourth-order valence-corrected chi connectivity index (χ4v) is 3.44. The van der Waals surface area contributed by atoms with Crippen LogP contribution in [0.2, 0.25) is 5.02 Å². The lowest BCUT2D eigenvalue weighted by atomic mass is 10.1. The third-order valence-corrected chi connectivity index (χ3v) is 4.74. The van der Waals surface area contributed by atoms with E-state index in [1.165, 1.54) is 29.5 Å². The van der Waals surface area contributed by atoms with Crippen LogP contribution in [0.3, 0.4) is 0 Å². The molecule has 0 saturated heterocycles. The molecule has 2 aromatic carbocycles. The molecule has 138 valence electrons. The Hall–Kier alpha value is -2.77. The second-order valence-electron chi connectivity index (χ2n) is 5.65. The van der Waals surface area contributed by atoms with Crippen molar-refractivity contribution in [1.82, 2.24) is 10.3 Å². The highest BCUT2D eigenvalue weighted by Crippen LogP contribution is 2.22. The summed E-state index contributed by atoms with van der Waals surface area (Å²) in [6.45, 7) is -0.281. The molecule has 3 rings (SSSR count). The van der Waals surface area contributed by atoms with Crippen molar-refractivity contribution in [3.63, 3.8) is 0 Å². The second kappa shape index (κ2) is 8.75. The number of aromatic nitrogens is 1. The van der Waals surface area contributed by atoms with Crippen LogP contribution in [-0.4, -0.2) is 23.3 Å². The lowest BCUT2D eigenvalue weighted by Crippen LogP contribution is -2.33. The summed E-state index contributed by atoms with van der Waals surface area (Å²) >= 11 is 7.31. The number of hydrogen-bond donors (Lipinski definition) is 2. The lowest BCUT2D eigenvalue weighted by molar-refractivity contribution is -0.115. The fraction of sp³-hybridized carbons (Fsp3) is 0.105. The Morgan fingerprint density at radius 1 is 1.15 bits per heavy atom. The Balaban J connectivity index is 1.52. The van der Waals surface area contributed by atoms with Crippen molar-refractivity contribution in [3.05, 3.63) is 81.6 Å². The van der Waals surface area contributed by atoms with Crippen molar-refractivity contribution in [1.29, 1.82) is 0 Å². The van der Waals surface area contributed by atoms with Crippen molar-refractivity contribution in [2.75, 3.05) is 11.9 Å². The molecule has 1 aromatic heterocycles. The minimum absolute atomic E-state index is 0.108. The van der Waals surface area contributed by atoms with Gasteiger partial charge in [-0.1, -0.05) is 35.9 Å². The van der Waals surface area contributed by atoms with Crippen molar-refractivity contribution in [3.8, 4) is 0 Å². The summed E-state index contributed by atoms with van der Waals surface area (Å²) < 4.78 is 13.5. The molecule has 0 spiro atoms. The highest BCUT2D eigenvalue weighted by Gasteiger charge is 2.13. The van der Waals surface area contributed by atoms with Gasteiger partial charge >= 0.3 is 0 Å². The fourth-order valence-electron chi connectivity index (χ4n) is 2.36. The van der Waals surface area contributed by atoms with Crippen molar-refractivity contribution in [2.24, 2.45) is 0 Å². The highest BCUT2D eigenvalue weighted by molar-refractivity contribution is 7.15. The van der Waals surface area contributed by atoms with Gasteiger partial charge in [0.1, 0.15) is 5.82 Å². The number of benzene rings is 2. The van der Waals surface area contributed by atoms with Crippen LogP contribution in [0, 0.1) is 5.82 Å². The zero-order valence-corrected chi connectivity index (χ0v) is 15.6. The van der Waals surface area contributed by atoms with Gasteiger partial charge in [0.2, 0.25) is 5.91 Å². The molecule has 8 heteroatoms. The molecular formula is C19H15ClFN3O2S. The first kappa shape index (κ1) is 19.0. The number of carbonyl (C=O) groups excluding carboxylic acids is 2. The maximum atomic E-state index is 13.5. The summed E-state index contributed by atoms with van der Waals surface area (Å²) in [4.78, 5) is 29.0. The molecule has 1 heterocycles. The molecule has 3 aromatic rings. The summed E-state index contributed by atoms with van der Waals surface area (Å²) in [6.07, 6.45) is 2.33. The maximum Gasteiger partial charge on any atom is 0.254 e. The number of halogens is 2. The first-order chi connectivity index (χ1) is 13.0. The molecule has 0 fully saturated rings. The van der Waals surface area contributed by atoms with Crippen LogP contribution in [0.25, 0.3) is 0 Å². The predicted molar refractivity (Wildman–Crippen MR) is 104 cm³/mol. The molecule has 2 N–H and O–H groups in total. The van der Waals surface area contributed by atoms with Crippen molar-refractivity contribution >= 4 is 39.9 Å². The van der Waals surface area contributed by atoms with E-state index in [1.54, 1.807) is 18.3 Å². The number of anilines is 1. The first-order valence-electron chi connectivity index (χ1n) is 8.03. The van der Waals surface area contributed by atoms with Crippen LogP contribution in [-0.2, 0) is 11.2 Å². The van der Waals surface area contributed by atoms with E-state index in [2.05, 4.69) is 15.6 Å². The van der Waals surface area contributed by atoms with E-state index in [4.69, 9.17) is 11.6 Å². The van der Waals surface area contributed by atoms with Crippen LogP contribution in [0.1, 0.15) is 20.8 Å². The molecule has 0 aliphatic carbocycles. The second-order valence-corrected chi connectivity index (χ2v) is 7.20. The average Bonchev–Trinajstić information content (AvgIpc) is 3.07. The van der Waals surface area contributed by atoms with E-state index in [0.717, 1.165) is 10.4 Å². The number of carbonyl (C=O) groups is 2. The van der Waals surface area contributed by atoms with Gasteiger partial charge in [-0.2, -0.15) is 0 Å². The van der Waals surface area contributed by atoms with Gasteiger partial charge in [0.05, 0.1) is 12.1 Å². The zero-order valence-electron chi connectivity index (χ0n) is 14.0. The SMILES string of the molecule is O=C(CNC(=O)c1ccccc1F)Nc1ncc(Cc2cccc(Cl)c2)s1. The van der Waals surface area contributed by atoms with E-state index in [-0.39, 0.29) is 12.1 Å². The molecule has 0 atom stereocenters. The average molecular weight is 404 g/mol. The van der Waals surface area contributed by atoms with Gasteiger partial charge in [-0.05, 0) is 29.8 Å². The van der Waals surface area contributed by atoms with Gasteiger partial charge in [-0.15, -0.1) is 11.3 Å². The maximum absolute atomic E-state index is 13.5. The van der Waals surface area contributed by atoms with Gasteiger partial charge < -0.3 is 10.6 Å². The smallest absolute Gasteiger partial charge is 0.254 e. The molecule has 2 amide bonds. The highest BCUT2D eigenvalue weighted by atomic mass is 35.5. The monoisotopic (exact) mass is 403 g/mol. The van der Waals surface area contributed by atoms with Crippen molar-refractivity contribution < 1.29 is 14.0 Å². The Morgan fingerprint density at radius 3 is 2.74 bits per heavy atom. The summed E-state index contributed by atoms with van der Waals surface area (Å²) in [5.74, 6) is -1.73. The summed E-state index contributed by atoms with van der Waals surface area (Å²) in [5.41, 5.74) is 0.935. The quantitative estimate of drug-likeness (QED) is 0.655. The van der Waals surface area contributed by atoms with E-state index in [1.807, 2.05) is 18.2 Å². The zero-order chi connectivity index (χ0) is 19.2. The molecule has 27 heavy (non-hydrogen) atoms. The number of nitrogens with one attached hydrogen (secondary N) is 2. The topological polar surface area (TPSA) is 71.1 Å². The molecule has 0 saturated carbocycles. The molecular weight excluding hydrogens is 389 g/mol. The Bertz CT molecular complexity index is 977. The molecule has 0 bridgehead atoms. The van der Waals surface area contributed by atoms with E-state index >= 15 is 0 Å². The van der Waals surface area contributed by atoms with Crippen LogP contribution in [0.4, 0.5) is 9.52 Å². The summed E-state index contributed by atoms with van der Waals surface area (Å²) in [6, 6.07) is 13.1. The molecule has 0 aliphatic heterocycles. The van der Waals surface area contributed by atoms with Crippen molar-refractivity contribution in [2.45, 2.75) is 6.42 Å². The largest absolute Gasteiger partial charge is 0.343 e. The number of rotatable bonds is 6. The Morgan fingerprint density at radius 2 is 1.96 bits per heavy atom. The predicted octanol–water partition coefficient (Wildman–Crippen LogP) is 3.89. The van der Waals surface area contributed by atoms with Gasteiger partial charge in [0, 0.05) is 22.5 Å². The molecule has 0 unspecified atom stereocenters. The third kappa shape index (κ3) is 5.35. The lowest BCUT2D eigenvalue weighted by Gasteiger charge is -2.05. The van der Waals surface area contributed by atoms with E-state index in [0.29, 0.717) is 16.6 Å². The van der Waals surface area contributed by atoms with Crippen LogP contribution in [0.15, 0.2) is 54.7 Å². The third-order valence-electron chi connectivity index (χ3n) is 3.60. The number of nitrogens with zero attached hydrogens (tertiary/aromatic N) is 1. The first-order valence-corrected chi connectivity index (χ1v) is 9.22. The molecule has 0 aliphatic rings. The van der Waals surface area contributed by atoms with E-state index < -0.39 is 17.6 Å². The summed E-state index contributed by atoms with van der Waals surface area (Å²) in [5, 5.41) is 6.09. The number of hydrogen-bond acceptors (Lipinski definition) is 4. The van der Waals surface area contributed by atoms with Gasteiger partial charge in [0.15, 0.2) is 5.13 Å². The van der Waals surface area contributed by atoms with Gasteiger partial charge in [-0.25, -0.2) is 9.37 Å². The Kier molecular flexibility index (Phi) is 6.16.